The van der Waals surface area contributed by atoms with E-state index in [1.807, 2.05) is 30.3 Å². The molecule has 0 unspecified atom stereocenters. The van der Waals surface area contributed by atoms with Crippen molar-refractivity contribution in [3.05, 3.63) is 88.5 Å². The minimum Gasteiger partial charge on any atom is -0.284 e. The number of carbonyl (C=O) groups is 2. The Balaban J connectivity index is 1.66. The Morgan fingerprint density at radius 2 is 1.50 bits per heavy atom. The molecule has 1 heterocycles. The van der Waals surface area contributed by atoms with E-state index in [1.54, 1.807) is 12.1 Å². The lowest BCUT2D eigenvalue weighted by molar-refractivity contribution is -0.695. The van der Waals surface area contributed by atoms with Crippen LogP contribution in [-0.4, -0.2) is 16.1 Å². The van der Waals surface area contributed by atoms with Gasteiger partial charge in [-0.3, -0.25) is 9.59 Å². The van der Waals surface area contributed by atoms with Crippen LogP contribution in [0.15, 0.2) is 54.6 Å². The van der Waals surface area contributed by atoms with Crippen LogP contribution in [0, 0.1) is 12.8 Å². The number of nitrogens with zero attached hydrogens (tertiary/aromatic N) is 2. The van der Waals surface area contributed by atoms with Crippen LogP contribution < -0.4 is 4.57 Å². The molecule has 152 valence electrons. The van der Waals surface area contributed by atoms with Crippen LogP contribution in [-0.2, 0) is 13.1 Å². The van der Waals surface area contributed by atoms with Gasteiger partial charge in [-0.15, -0.1) is 0 Å². The molecule has 1 saturated carbocycles. The molecule has 0 saturated heterocycles. The van der Waals surface area contributed by atoms with Crippen LogP contribution in [0.3, 0.4) is 0 Å². The van der Waals surface area contributed by atoms with E-state index < -0.39 is 0 Å². The first kappa shape index (κ1) is 19.0. The lowest BCUT2D eigenvalue weighted by Gasteiger charge is -2.21. The molecule has 4 heteroatoms. The smallest absolute Gasteiger partial charge is 0.254 e. The van der Waals surface area contributed by atoms with Gasteiger partial charge in [0.25, 0.3) is 5.82 Å². The zero-order valence-corrected chi connectivity index (χ0v) is 17.4. The number of carbonyl (C=O) groups excluding carboxylic acids is 2. The molecule has 1 fully saturated rings. The number of ketones is 2. The third-order valence-corrected chi connectivity index (χ3v) is 6.74. The van der Waals surface area contributed by atoms with Crippen LogP contribution in [0.5, 0.6) is 0 Å². The molecule has 0 aliphatic heterocycles. The van der Waals surface area contributed by atoms with Gasteiger partial charge < -0.3 is 0 Å². The molecule has 2 aromatic carbocycles. The second-order valence-corrected chi connectivity index (χ2v) is 8.63. The van der Waals surface area contributed by atoms with Crippen LogP contribution >= 0.6 is 0 Å². The Morgan fingerprint density at radius 3 is 2.20 bits per heavy atom. The molecule has 4 nitrogen and oxygen atoms in total. The number of benzene rings is 2. The average Bonchev–Trinajstić information content (AvgIpc) is 3.05. The fourth-order valence-corrected chi connectivity index (χ4v) is 5.13. The van der Waals surface area contributed by atoms with Gasteiger partial charge in [-0.25, -0.2) is 9.13 Å². The van der Waals surface area contributed by atoms with E-state index >= 15 is 0 Å². The van der Waals surface area contributed by atoms with E-state index in [1.165, 1.54) is 32.1 Å². The van der Waals surface area contributed by atoms with Gasteiger partial charge in [-0.1, -0.05) is 73.9 Å². The normalized spacial score (nSPS) is 16.4. The Bertz CT molecular complexity index is 1120. The van der Waals surface area contributed by atoms with Gasteiger partial charge in [0.05, 0.1) is 6.54 Å². The molecule has 3 aromatic rings. The second kappa shape index (κ2) is 7.67. The van der Waals surface area contributed by atoms with Crippen LogP contribution in [0.4, 0.5) is 0 Å². The van der Waals surface area contributed by atoms with Crippen molar-refractivity contribution in [1.29, 1.82) is 0 Å². The molecule has 0 radical (unpaired) electrons. The standard InChI is InChI=1S/C26H27N2O2/c1-18-27(16-19-10-4-2-5-11-19)23-24(28(18)17-20-12-6-3-7-13-20)26(30)22-15-9-8-14-21(22)25(23)29/h2,4-5,8-11,14-15,20H,3,6-7,12-13,16-17H2,1H3/q+1. The Kier molecular flexibility index (Phi) is 4.86. The van der Waals surface area contributed by atoms with Crippen molar-refractivity contribution < 1.29 is 14.2 Å². The zero-order chi connectivity index (χ0) is 20.7. The largest absolute Gasteiger partial charge is 0.284 e. The van der Waals surface area contributed by atoms with Crippen molar-refractivity contribution in [1.82, 2.24) is 4.57 Å². The molecule has 0 bridgehead atoms. The van der Waals surface area contributed by atoms with E-state index in [4.69, 9.17) is 0 Å². The highest BCUT2D eigenvalue weighted by atomic mass is 16.1. The molecule has 5 rings (SSSR count). The number of aromatic nitrogens is 2. The molecule has 30 heavy (non-hydrogen) atoms. The summed E-state index contributed by atoms with van der Waals surface area (Å²) in [4.78, 5) is 27.1. The molecule has 2 aliphatic rings. The Labute approximate surface area is 177 Å². The van der Waals surface area contributed by atoms with Crippen LogP contribution in [0.2, 0.25) is 0 Å². The number of hydrogen-bond acceptors (Lipinski definition) is 2. The van der Waals surface area contributed by atoms with Gasteiger partial charge >= 0.3 is 0 Å². The molecule has 0 amide bonds. The number of rotatable bonds is 4. The van der Waals surface area contributed by atoms with Gasteiger partial charge in [0.2, 0.25) is 23.0 Å². The van der Waals surface area contributed by atoms with Gasteiger partial charge in [0.1, 0.15) is 6.54 Å². The van der Waals surface area contributed by atoms with Crippen molar-refractivity contribution >= 4 is 11.6 Å². The van der Waals surface area contributed by atoms with Crippen molar-refractivity contribution in [3.63, 3.8) is 0 Å². The van der Waals surface area contributed by atoms with Crippen LogP contribution in [0.1, 0.15) is 75.6 Å². The van der Waals surface area contributed by atoms with Crippen molar-refractivity contribution in [2.24, 2.45) is 5.92 Å². The van der Waals surface area contributed by atoms with Gasteiger partial charge in [0.15, 0.2) is 0 Å². The third-order valence-electron chi connectivity index (χ3n) is 6.74. The summed E-state index contributed by atoms with van der Waals surface area (Å²) in [6.45, 7) is 3.46. The van der Waals surface area contributed by atoms with Crippen molar-refractivity contribution in [2.75, 3.05) is 0 Å². The number of fused-ring (bicyclic) bond motifs is 2. The first-order valence-electron chi connectivity index (χ1n) is 11.0. The van der Waals surface area contributed by atoms with Gasteiger partial charge in [0, 0.05) is 18.1 Å². The number of hydrogen-bond donors (Lipinski definition) is 0. The summed E-state index contributed by atoms with van der Waals surface area (Å²) in [6.07, 6.45) is 6.21. The summed E-state index contributed by atoms with van der Waals surface area (Å²) >= 11 is 0. The fourth-order valence-electron chi connectivity index (χ4n) is 5.13. The third kappa shape index (κ3) is 3.11. The Morgan fingerprint density at radius 1 is 0.867 bits per heavy atom. The van der Waals surface area contributed by atoms with Crippen molar-refractivity contribution in [2.45, 2.75) is 52.1 Å². The SMILES string of the molecule is Cc1n(CC2CCCCC2)c2c([n+]1Cc1ccccc1)C(=O)c1ccccc1C2=O. The predicted octanol–water partition coefficient (Wildman–Crippen LogP) is 4.49. The second-order valence-electron chi connectivity index (χ2n) is 8.63. The highest BCUT2D eigenvalue weighted by molar-refractivity contribution is 6.26. The molecule has 0 N–H and O–H groups in total. The topological polar surface area (TPSA) is 43.0 Å². The average molecular weight is 400 g/mol. The van der Waals surface area contributed by atoms with E-state index in [9.17, 15) is 9.59 Å². The van der Waals surface area contributed by atoms with E-state index in [2.05, 4.69) is 28.2 Å². The highest BCUT2D eigenvalue weighted by Gasteiger charge is 2.43. The van der Waals surface area contributed by atoms with Crippen molar-refractivity contribution in [3.8, 4) is 0 Å². The zero-order valence-electron chi connectivity index (χ0n) is 17.4. The predicted molar refractivity (Wildman–Crippen MR) is 115 cm³/mol. The monoisotopic (exact) mass is 399 g/mol. The summed E-state index contributed by atoms with van der Waals surface area (Å²) in [6, 6.07) is 17.4. The van der Waals surface area contributed by atoms with Gasteiger partial charge in [-0.2, -0.15) is 0 Å². The minimum atomic E-state index is -0.0402. The summed E-state index contributed by atoms with van der Waals surface area (Å²) < 4.78 is 4.20. The molecule has 2 aliphatic carbocycles. The minimum absolute atomic E-state index is 0.0223. The quantitative estimate of drug-likeness (QED) is 0.475. The maximum atomic E-state index is 13.5. The van der Waals surface area contributed by atoms with E-state index in [-0.39, 0.29) is 11.6 Å². The maximum Gasteiger partial charge on any atom is 0.254 e. The summed E-state index contributed by atoms with van der Waals surface area (Å²) in [7, 11) is 0. The lowest BCUT2D eigenvalue weighted by atomic mass is 9.88. The lowest BCUT2D eigenvalue weighted by Crippen LogP contribution is -2.43. The fraction of sp³-hybridized carbons (Fsp3) is 0.346. The number of imidazole rings is 1. The first-order chi connectivity index (χ1) is 14.6. The maximum absolute atomic E-state index is 13.5. The molecule has 0 atom stereocenters. The van der Waals surface area contributed by atoms with Gasteiger partial charge in [-0.05, 0) is 24.3 Å². The summed E-state index contributed by atoms with van der Waals surface area (Å²) in [5, 5.41) is 0. The highest BCUT2D eigenvalue weighted by Crippen LogP contribution is 2.30. The first-order valence-corrected chi connectivity index (χ1v) is 11.0. The summed E-state index contributed by atoms with van der Waals surface area (Å²) in [5.74, 6) is 1.50. The summed E-state index contributed by atoms with van der Waals surface area (Å²) in [5.41, 5.74) is 3.31. The Hall–Kier alpha value is -3.01. The molecule has 1 aromatic heterocycles. The molecular formula is C26H27N2O2+. The van der Waals surface area contributed by atoms with E-state index in [0.717, 1.165) is 17.9 Å². The van der Waals surface area contributed by atoms with Crippen LogP contribution in [0.25, 0.3) is 0 Å². The van der Waals surface area contributed by atoms with E-state index in [0.29, 0.717) is 35.0 Å². The molecular weight excluding hydrogens is 372 g/mol. The molecule has 0 spiro atoms.